The molecule has 0 spiro atoms. The first-order chi connectivity index (χ1) is 8.83. The van der Waals surface area contributed by atoms with Crippen LogP contribution in [-0.4, -0.2) is 12.1 Å². The Labute approximate surface area is 102 Å². The molecule has 0 radical (unpaired) electrons. The molecule has 1 amide bonds. The molecule has 2 aromatic carbocycles. The summed E-state index contributed by atoms with van der Waals surface area (Å²) in [6, 6.07) is 11.8. The molecule has 0 aromatic heterocycles. The maximum absolute atomic E-state index is 11.7. The lowest BCUT2D eigenvalue weighted by Crippen LogP contribution is -2.17. The van der Waals surface area contributed by atoms with Crippen LogP contribution in [0.15, 0.2) is 46.4 Å². The van der Waals surface area contributed by atoms with Gasteiger partial charge in [-0.05, 0) is 29.5 Å². The second kappa shape index (κ2) is 3.23. The minimum Gasteiger partial charge on any atom is -0.267 e. The van der Waals surface area contributed by atoms with Crippen molar-refractivity contribution in [1.29, 1.82) is 0 Å². The van der Waals surface area contributed by atoms with Gasteiger partial charge in [0.15, 0.2) is 0 Å². The highest BCUT2D eigenvalue weighted by molar-refractivity contribution is 6.09. The lowest BCUT2D eigenvalue weighted by atomic mass is 10.1. The first kappa shape index (κ1) is 9.48. The Kier molecular flexibility index (Phi) is 1.70. The maximum atomic E-state index is 11.7. The first-order valence-corrected chi connectivity index (χ1v) is 5.74. The Morgan fingerprint density at radius 1 is 1.00 bits per heavy atom. The van der Waals surface area contributed by atoms with Crippen LogP contribution in [0, 0.1) is 10.4 Å². The zero-order chi connectivity index (χ0) is 12.1. The van der Waals surface area contributed by atoms with Crippen molar-refractivity contribution in [3.8, 4) is 0 Å². The number of hydrogen-bond donors (Lipinski definition) is 0. The summed E-state index contributed by atoms with van der Waals surface area (Å²) in [5.41, 5.74) is 1.58. The number of aliphatic imine (C=N–C) groups is 1. The maximum Gasteiger partial charge on any atom is 0.277 e. The number of para-hydroxylation sites is 1. The van der Waals surface area contributed by atoms with Crippen LogP contribution < -0.4 is 10.6 Å². The molecule has 0 unspecified atom stereocenters. The number of hydrogen-bond acceptors (Lipinski definition) is 2. The molecule has 2 aliphatic rings. The van der Waals surface area contributed by atoms with E-state index in [2.05, 4.69) is 9.98 Å². The minimum absolute atomic E-state index is 0.181. The highest BCUT2D eigenvalue weighted by Crippen LogP contribution is 2.17. The van der Waals surface area contributed by atoms with Crippen molar-refractivity contribution >= 4 is 23.9 Å². The van der Waals surface area contributed by atoms with Gasteiger partial charge in [-0.2, -0.15) is 0 Å². The number of carbonyl (C=O) groups is 1. The highest BCUT2D eigenvalue weighted by Gasteiger charge is 2.12. The van der Waals surface area contributed by atoms with Crippen molar-refractivity contribution in [2.24, 2.45) is 9.98 Å². The zero-order valence-electron chi connectivity index (χ0n) is 9.42. The average molecular weight is 232 g/mol. The fourth-order valence-corrected chi connectivity index (χ4v) is 2.42. The van der Waals surface area contributed by atoms with Crippen LogP contribution in [0.1, 0.15) is 10.4 Å². The van der Waals surface area contributed by atoms with Crippen LogP contribution in [0.2, 0.25) is 0 Å². The van der Waals surface area contributed by atoms with E-state index in [1.165, 1.54) is 0 Å². The van der Waals surface area contributed by atoms with Gasteiger partial charge in [0, 0.05) is 22.2 Å². The van der Waals surface area contributed by atoms with Crippen LogP contribution in [0.5, 0.6) is 0 Å². The fraction of sp³-hybridized carbons (Fsp3) is 0. The third kappa shape index (κ3) is 1.16. The summed E-state index contributed by atoms with van der Waals surface area (Å²) in [4.78, 5) is 20.1. The largest absolute Gasteiger partial charge is 0.277 e. The second-order valence-electron chi connectivity index (χ2n) is 4.34. The zero-order valence-corrected chi connectivity index (χ0v) is 9.42. The number of benzene rings is 2. The molecule has 0 bridgehead atoms. The topological polar surface area (TPSA) is 41.8 Å². The van der Waals surface area contributed by atoms with Crippen LogP contribution in [0.3, 0.4) is 0 Å². The van der Waals surface area contributed by atoms with Crippen LogP contribution in [-0.2, 0) is 0 Å². The van der Waals surface area contributed by atoms with E-state index in [1.807, 2.05) is 42.5 Å². The molecule has 0 saturated carbocycles. The van der Waals surface area contributed by atoms with Gasteiger partial charge < -0.3 is 0 Å². The van der Waals surface area contributed by atoms with E-state index in [1.54, 1.807) is 6.21 Å². The molecule has 2 aromatic rings. The van der Waals surface area contributed by atoms with Gasteiger partial charge in [0.05, 0.1) is 11.0 Å². The number of rotatable bonds is 0. The van der Waals surface area contributed by atoms with Crippen LogP contribution in [0.4, 0.5) is 5.69 Å². The molecular weight excluding hydrogens is 224 g/mol. The number of fused-ring (bicyclic) bond motifs is 3. The first-order valence-electron chi connectivity index (χ1n) is 5.74. The quantitative estimate of drug-likeness (QED) is 0.575. The summed E-state index contributed by atoms with van der Waals surface area (Å²) >= 11 is 0. The van der Waals surface area contributed by atoms with Crippen molar-refractivity contribution in [2.45, 2.75) is 0 Å². The minimum atomic E-state index is -0.181. The van der Waals surface area contributed by atoms with Crippen LogP contribution >= 0.6 is 0 Å². The summed E-state index contributed by atoms with van der Waals surface area (Å²) < 4.78 is 0. The normalized spacial score (nSPS) is 14.3. The average Bonchev–Trinajstić information content (AvgIpc) is 2.75. The summed E-state index contributed by atoms with van der Waals surface area (Å²) in [6.07, 6.45) is 3.38. The van der Waals surface area contributed by atoms with E-state index in [4.69, 9.17) is 0 Å². The Morgan fingerprint density at radius 2 is 1.89 bits per heavy atom. The van der Waals surface area contributed by atoms with Gasteiger partial charge in [-0.25, -0.2) is 9.98 Å². The molecule has 2 heterocycles. The fourth-order valence-electron chi connectivity index (χ4n) is 2.42. The van der Waals surface area contributed by atoms with E-state index in [-0.39, 0.29) is 5.91 Å². The predicted octanol–water partition coefficient (Wildman–Crippen LogP) is 1.24. The molecule has 0 N–H and O–H groups in total. The van der Waals surface area contributed by atoms with E-state index in [0.717, 1.165) is 26.7 Å². The third-order valence-corrected chi connectivity index (χ3v) is 3.28. The number of carbonyl (C=O) groups excluding carboxylic acids is 1. The lowest BCUT2D eigenvalue weighted by molar-refractivity contribution is 0.100. The molecule has 0 saturated heterocycles. The Morgan fingerprint density at radius 3 is 2.83 bits per heavy atom. The second-order valence-corrected chi connectivity index (χ2v) is 4.34. The van der Waals surface area contributed by atoms with E-state index in [0.29, 0.717) is 5.56 Å². The van der Waals surface area contributed by atoms with Crippen molar-refractivity contribution in [1.82, 2.24) is 0 Å². The summed E-state index contributed by atoms with van der Waals surface area (Å²) in [7, 11) is 0. The van der Waals surface area contributed by atoms with Gasteiger partial charge in [0.2, 0.25) is 0 Å². The van der Waals surface area contributed by atoms with Gasteiger partial charge in [0.1, 0.15) is 0 Å². The van der Waals surface area contributed by atoms with Crippen molar-refractivity contribution in [2.75, 3.05) is 0 Å². The van der Waals surface area contributed by atoms with Gasteiger partial charge in [-0.15, -0.1) is 0 Å². The third-order valence-electron chi connectivity index (χ3n) is 3.28. The van der Waals surface area contributed by atoms with Gasteiger partial charge in [0.25, 0.3) is 5.91 Å². The summed E-state index contributed by atoms with van der Waals surface area (Å²) in [6.45, 7) is 0. The van der Waals surface area contributed by atoms with Gasteiger partial charge in [-0.3, -0.25) is 4.79 Å². The smallest absolute Gasteiger partial charge is 0.267 e. The van der Waals surface area contributed by atoms with Crippen molar-refractivity contribution < 1.29 is 4.79 Å². The van der Waals surface area contributed by atoms with Crippen molar-refractivity contribution in [3.63, 3.8) is 0 Å². The Bertz CT molecular complexity index is 939. The molecule has 4 rings (SSSR count). The molecule has 3 nitrogen and oxygen atoms in total. The van der Waals surface area contributed by atoms with Crippen molar-refractivity contribution in [3.05, 3.63) is 63.0 Å². The molecule has 3 heteroatoms. The molecule has 2 aliphatic heterocycles. The monoisotopic (exact) mass is 232 g/mol. The standard InChI is InChI=1S/C15H8N2O/c18-15-11-8-12-10-3-1-2-4-13(10)17-14(12)7-9(11)5-6-16-15/h1-8H. The Balaban J connectivity index is 2.25. The summed E-state index contributed by atoms with van der Waals surface area (Å²) in [5, 5.41) is 3.95. The van der Waals surface area contributed by atoms with Gasteiger partial charge in [-0.1, -0.05) is 18.2 Å². The van der Waals surface area contributed by atoms with E-state index >= 15 is 0 Å². The molecular formula is C15H8N2O. The molecule has 0 atom stereocenters. The SMILES string of the molecule is O=C1N=CC=c2cc3c(cc21)=c1ccccc1=N3. The van der Waals surface area contributed by atoms with Crippen LogP contribution in [0.25, 0.3) is 6.08 Å². The molecule has 84 valence electrons. The molecule has 18 heavy (non-hydrogen) atoms. The van der Waals surface area contributed by atoms with Gasteiger partial charge >= 0.3 is 0 Å². The lowest BCUT2D eigenvalue weighted by Gasteiger charge is -2.02. The number of nitrogens with zero attached hydrogens (tertiary/aromatic N) is 2. The Hall–Kier alpha value is -2.55. The summed E-state index contributed by atoms with van der Waals surface area (Å²) in [5.74, 6) is -0.181. The number of amides is 1. The van der Waals surface area contributed by atoms with E-state index in [9.17, 15) is 4.79 Å². The van der Waals surface area contributed by atoms with E-state index < -0.39 is 0 Å². The molecule has 0 aliphatic carbocycles. The predicted molar refractivity (Wildman–Crippen MR) is 68.3 cm³/mol. The molecule has 0 fully saturated rings. The highest BCUT2D eigenvalue weighted by atomic mass is 16.1.